The zero-order valence-electron chi connectivity index (χ0n) is 17.5. The molecule has 1 atom stereocenters. The van der Waals surface area contributed by atoms with E-state index in [9.17, 15) is 13.2 Å². The van der Waals surface area contributed by atoms with Crippen LogP contribution in [0.25, 0.3) is 0 Å². The Labute approximate surface area is 188 Å². The quantitative estimate of drug-likeness (QED) is 0.527. The number of rotatable bonds is 8. The smallest absolute Gasteiger partial charge is 0.251 e. The van der Waals surface area contributed by atoms with E-state index in [-0.39, 0.29) is 18.4 Å². The average Bonchev–Trinajstić information content (AvgIpc) is 2.76. The van der Waals surface area contributed by atoms with Crippen LogP contribution >= 0.6 is 11.6 Å². The first-order chi connectivity index (χ1) is 14.8. The third-order valence-electron chi connectivity index (χ3n) is 5.00. The Morgan fingerprint density at radius 1 is 0.968 bits per heavy atom. The SMILES string of the molecule is C[C@H](CNC(=O)c1ccc(CN(c2ccccc2Cl)S(C)(=O)=O)cc1)c1ccccc1. The van der Waals surface area contributed by atoms with Gasteiger partial charge in [-0.2, -0.15) is 0 Å². The maximum Gasteiger partial charge on any atom is 0.251 e. The number of hydrogen-bond donors (Lipinski definition) is 1. The Hall–Kier alpha value is -2.83. The summed E-state index contributed by atoms with van der Waals surface area (Å²) in [7, 11) is -3.54. The number of carbonyl (C=O) groups is 1. The topological polar surface area (TPSA) is 66.5 Å². The molecule has 0 bridgehead atoms. The predicted molar refractivity (Wildman–Crippen MR) is 126 cm³/mol. The van der Waals surface area contributed by atoms with Crippen LogP contribution in [0.4, 0.5) is 5.69 Å². The van der Waals surface area contributed by atoms with Gasteiger partial charge in [-0.3, -0.25) is 9.10 Å². The molecule has 3 aromatic carbocycles. The fraction of sp³-hybridized carbons (Fsp3) is 0.208. The third-order valence-corrected chi connectivity index (χ3v) is 6.45. The molecule has 0 saturated carbocycles. The average molecular weight is 457 g/mol. The van der Waals surface area contributed by atoms with Crippen molar-refractivity contribution in [2.75, 3.05) is 17.1 Å². The van der Waals surface area contributed by atoms with Crippen molar-refractivity contribution < 1.29 is 13.2 Å². The molecule has 31 heavy (non-hydrogen) atoms. The molecule has 0 heterocycles. The second-order valence-electron chi connectivity index (χ2n) is 7.44. The summed E-state index contributed by atoms with van der Waals surface area (Å²) in [4.78, 5) is 12.5. The Kier molecular flexibility index (Phi) is 7.36. The molecular formula is C24H25ClN2O3S. The lowest BCUT2D eigenvalue weighted by atomic mass is 10.0. The lowest BCUT2D eigenvalue weighted by molar-refractivity contribution is 0.0951. The van der Waals surface area contributed by atoms with Crippen LogP contribution in [0.1, 0.15) is 34.3 Å². The van der Waals surface area contributed by atoms with Crippen molar-refractivity contribution in [2.24, 2.45) is 0 Å². The highest BCUT2D eigenvalue weighted by atomic mass is 35.5. The van der Waals surface area contributed by atoms with E-state index < -0.39 is 10.0 Å². The molecule has 0 aliphatic heterocycles. The van der Waals surface area contributed by atoms with Gasteiger partial charge in [-0.15, -0.1) is 0 Å². The number of benzene rings is 3. The maximum atomic E-state index is 12.5. The lowest BCUT2D eigenvalue weighted by Crippen LogP contribution is -2.29. The van der Waals surface area contributed by atoms with Gasteiger partial charge in [0.15, 0.2) is 0 Å². The standard InChI is InChI=1S/C24H25ClN2O3S/c1-18(20-8-4-3-5-9-20)16-26-24(28)21-14-12-19(13-15-21)17-27(31(2,29)30)23-11-7-6-10-22(23)25/h3-15,18H,16-17H2,1-2H3,(H,26,28)/t18-/m1/s1. The molecule has 0 fully saturated rings. The molecular weight excluding hydrogens is 432 g/mol. The van der Waals surface area contributed by atoms with E-state index in [2.05, 4.69) is 12.2 Å². The van der Waals surface area contributed by atoms with Gasteiger partial charge in [-0.1, -0.05) is 73.1 Å². The summed E-state index contributed by atoms with van der Waals surface area (Å²) in [6.45, 7) is 2.71. The Morgan fingerprint density at radius 2 is 1.58 bits per heavy atom. The van der Waals surface area contributed by atoms with E-state index in [0.717, 1.165) is 11.8 Å². The highest BCUT2D eigenvalue weighted by Crippen LogP contribution is 2.28. The fourth-order valence-electron chi connectivity index (χ4n) is 3.21. The van der Waals surface area contributed by atoms with Gasteiger partial charge in [0, 0.05) is 12.1 Å². The van der Waals surface area contributed by atoms with Gasteiger partial charge in [-0.05, 0) is 41.3 Å². The normalized spacial score (nSPS) is 12.2. The molecule has 0 aliphatic carbocycles. The summed E-state index contributed by atoms with van der Waals surface area (Å²) in [6.07, 6.45) is 1.14. The van der Waals surface area contributed by atoms with Crippen molar-refractivity contribution in [3.05, 3.63) is 101 Å². The zero-order valence-corrected chi connectivity index (χ0v) is 19.0. The highest BCUT2D eigenvalue weighted by molar-refractivity contribution is 7.92. The minimum Gasteiger partial charge on any atom is -0.351 e. The fourth-order valence-corrected chi connectivity index (χ4v) is 4.40. The molecule has 7 heteroatoms. The number of amides is 1. The largest absolute Gasteiger partial charge is 0.351 e. The van der Waals surface area contributed by atoms with Crippen molar-refractivity contribution >= 4 is 33.2 Å². The van der Waals surface area contributed by atoms with E-state index in [4.69, 9.17) is 11.6 Å². The van der Waals surface area contributed by atoms with Gasteiger partial charge in [0.05, 0.1) is 23.5 Å². The molecule has 162 valence electrons. The molecule has 3 rings (SSSR count). The van der Waals surface area contributed by atoms with E-state index in [0.29, 0.717) is 22.8 Å². The van der Waals surface area contributed by atoms with Crippen LogP contribution in [-0.2, 0) is 16.6 Å². The van der Waals surface area contributed by atoms with Gasteiger partial charge in [0.25, 0.3) is 5.91 Å². The van der Waals surface area contributed by atoms with Crippen LogP contribution in [0.15, 0.2) is 78.9 Å². The van der Waals surface area contributed by atoms with Crippen molar-refractivity contribution in [1.82, 2.24) is 5.32 Å². The molecule has 1 N–H and O–H groups in total. The van der Waals surface area contributed by atoms with Gasteiger partial charge < -0.3 is 5.32 Å². The van der Waals surface area contributed by atoms with Gasteiger partial charge >= 0.3 is 0 Å². The number of anilines is 1. The molecule has 5 nitrogen and oxygen atoms in total. The van der Waals surface area contributed by atoms with Crippen LogP contribution in [-0.4, -0.2) is 27.1 Å². The molecule has 0 unspecified atom stereocenters. The second-order valence-corrected chi connectivity index (χ2v) is 9.75. The molecule has 0 aliphatic rings. The first kappa shape index (κ1) is 22.8. The van der Waals surface area contributed by atoms with E-state index in [1.807, 2.05) is 30.3 Å². The Bertz CT molecular complexity index is 1130. The molecule has 0 spiro atoms. The number of carbonyl (C=O) groups excluding carboxylic acids is 1. The van der Waals surface area contributed by atoms with E-state index >= 15 is 0 Å². The summed E-state index contributed by atoms with van der Waals surface area (Å²) in [5.41, 5.74) is 2.86. The van der Waals surface area contributed by atoms with E-state index in [1.165, 1.54) is 9.87 Å². The van der Waals surface area contributed by atoms with Crippen molar-refractivity contribution in [2.45, 2.75) is 19.4 Å². The molecule has 1 amide bonds. The van der Waals surface area contributed by atoms with E-state index in [1.54, 1.807) is 48.5 Å². The number of nitrogens with one attached hydrogen (secondary N) is 1. The third kappa shape index (κ3) is 6.09. The first-order valence-corrected chi connectivity index (χ1v) is 12.1. The number of sulfonamides is 1. The minimum absolute atomic E-state index is 0.121. The maximum absolute atomic E-state index is 12.5. The molecule has 0 saturated heterocycles. The minimum atomic E-state index is -3.54. The lowest BCUT2D eigenvalue weighted by Gasteiger charge is -2.23. The molecule has 3 aromatic rings. The summed E-state index contributed by atoms with van der Waals surface area (Å²) in [6, 6.07) is 23.7. The van der Waals surface area contributed by atoms with Crippen LogP contribution in [0.2, 0.25) is 5.02 Å². The summed E-state index contributed by atoms with van der Waals surface area (Å²) >= 11 is 6.20. The van der Waals surface area contributed by atoms with Crippen molar-refractivity contribution in [3.8, 4) is 0 Å². The Morgan fingerprint density at radius 3 is 2.19 bits per heavy atom. The number of halogens is 1. The predicted octanol–water partition coefficient (Wildman–Crippen LogP) is 4.84. The first-order valence-electron chi connectivity index (χ1n) is 9.90. The van der Waals surface area contributed by atoms with Crippen LogP contribution in [0, 0.1) is 0 Å². The molecule has 0 radical (unpaired) electrons. The van der Waals surface area contributed by atoms with Gasteiger partial charge in [-0.25, -0.2) is 8.42 Å². The number of hydrogen-bond acceptors (Lipinski definition) is 3. The van der Waals surface area contributed by atoms with Crippen LogP contribution in [0.3, 0.4) is 0 Å². The summed E-state index contributed by atoms with van der Waals surface area (Å²) in [5.74, 6) is 0.0313. The summed E-state index contributed by atoms with van der Waals surface area (Å²) < 4.78 is 25.9. The van der Waals surface area contributed by atoms with Crippen molar-refractivity contribution in [3.63, 3.8) is 0 Å². The van der Waals surface area contributed by atoms with Gasteiger partial charge in [0.1, 0.15) is 0 Å². The number of para-hydroxylation sites is 1. The molecule has 0 aromatic heterocycles. The Balaban J connectivity index is 1.67. The second kappa shape index (κ2) is 9.98. The monoisotopic (exact) mass is 456 g/mol. The van der Waals surface area contributed by atoms with Gasteiger partial charge in [0.2, 0.25) is 10.0 Å². The van der Waals surface area contributed by atoms with Crippen molar-refractivity contribution in [1.29, 1.82) is 0 Å². The van der Waals surface area contributed by atoms with Crippen LogP contribution in [0.5, 0.6) is 0 Å². The number of nitrogens with zero attached hydrogens (tertiary/aromatic N) is 1. The zero-order chi connectivity index (χ0) is 22.4. The highest BCUT2D eigenvalue weighted by Gasteiger charge is 2.20. The summed E-state index contributed by atoms with van der Waals surface area (Å²) in [5, 5.41) is 3.31. The van der Waals surface area contributed by atoms with Crippen LogP contribution < -0.4 is 9.62 Å².